The van der Waals surface area contributed by atoms with Crippen molar-refractivity contribution in [1.29, 1.82) is 0 Å². The van der Waals surface area contributed by atoms with Crippen molar-refractivity contribution in [1.82, 2.24) is 9.97 Å². The first-order valence-corrected chi connectivity index (χ1v) is 6.34. The standard InChI is InChI=1S/C12H20N2O7/c15-4-6(17)1-9(18)7-2-14-8(3-13-7)11(20)12(21)10(19)5-16/h2-3,6,9-12,15-21H,1,4-5H2/t6-,9-,10+,11+,12+/m0/s1. The zero-order valence-electron chi connectivity index (χ0n) is 11.2. The van der Waals surface area contributed by atoms with Crippen LogP contribution in [-0.2, 0) is 0 Å². The summed E-state index contributed by atoms with van der Waals surface area (Å²) in [6.07, 6.45) is -4.81. The summed E-state index contributed by atoms with van der Waals surface area (Å²) in [7, 11) is 0. The molecule has 1 aromatic rings. The lowest BCUT2D eigenvalue weighted by Gasteiger charge is -2.21. The quantitative estimate of drug-likeness (QED) is 0.265. The molecule has 0 spiro atoms. The van der Waals surface area contributed by atoms with Crippen LogP contribution in [0.25, 0.3) is 0 Å². The molecule has 0 fully saturated rings. The fraction of sp³-hybridized carbons (Fsp3) is 0.667. The second-order valence-corrected chi connectivity index (χ2v) is 4.64. The summed E-state index contributed by atoms with van der Waals surface area (Å²) < 4.78 is 0. The molecule has 0 amide bonds. The van der Waals surface area contributed by atoms with Crippen molar-refractivity contribution in [3.05, 3.63) is 23.8 Å². The summed E-state index contributed by atoms with van der Waals surface area (Å²) >= 11 is 0. The molecule has 0 aromatic carbocycles. The lowest BCUT2D eigenvalue weighted by Crippen LogP contribution is -2.35. The maximum atomic E-state index is 9.74. The third kappa shape index (κ3) is 4.93. The molecule has 0 aliphatic heterocycles. The largest absolute Gasteiger partial charge is 0.394 e. The minimum atomic E-state index is -1.63. The molecule has 9 nitrogen and oxygen atoms in total. The minimum absolute atomic E-state index is 0.0475. The highest BCUT2D eigenvalue weighted by Gasteiger charge is 2.27. The fourth-order valence-corrected chi connectivity index (χ4v) is 1.62. The normalized spacial score (nSPS) is 18.8. The van der Waals surface area contributed by atoms with Crippen molar-refractivity contribution in [2.45, 2.75) is 36.9 Å². The summed E-state index contributed by atoms with van der Waals surface area (Å²) in [5, 5.41) is 64.8. The van der Waals surface area contributed by atoms with Crippen molar-refractivity contribution >= 4 is 0 Å². The molecule has 1 aromatic heterocycles. The van der Waals surface area contributed by atoms with Crippen LogP contribution in [0.2, 0.25) is 0 Å². The molecule has 0 saturated heterocycles. The molecule has 0 radical (unpaired) electrons. The van der Waals surface area contributed by atoms with Gasteiger partial charge in [-0.05, 0) is 0 Å². The van der Waals surface area contributed by atoms with Crippen LogP contribution < -0.4 is 0 Å². The highest BCUT2D eigenvalue weighted by atomic mass is 16.4. The van der Waals surface area contributed by atoms with Gasteiger partial charge in [0.1, 0.15) is 24.4 Å². The van der Waals surface area contributed by atoms with Crippen molar-refractivity contribution in [3.8, 4) is 0 Å². The van der Waals surface area contributed by atoms with E-state index < -0.39 is 43.7 Å². The van der Waals surface area contributed by atoms with Crippen LogP contribution >= 0.6 is 0 Å². The maximum Gasteiger partial charge on any atom is 0.126 e. The van der Waals surface area contributed by atoms with E-state index in [1.54, 1.807) is 0 Å². The van der Waals surface area contributed by atoms with Gasteiger partial charge in [-0.25, -0.2) is 0 Å². The Labute approximate surface area is 120 Å². The Hall–Kier alpha value is -1.20. The van der Waals surface area contributed by atoms with E-state index in [1.165, 1.54) is 0 Å². The van der Waals surface area contributed by atoms with Crippen molar-refractivity contribution in [3.63, 3.8) is 0 Å². The third-order valence-electron chi connectivity index (χ3n) is 2.95. The van der Waals surface area contributed by atoms with E-state index in [1.807, 2.05) is 0 Å². The van der Waals surface area contributed by atoms with Crippen LogP contribution in [0.3, 0.4) is 0 Å². The van der Waals surface area contributed by atoms with Gasteiger partial charge in [-0.2, -0.15) is 0 Å². The van der Waals surface area contributed by atoms with Crippen LogP contribution in [-0.4, -0.2) is 77.2 Å². The van der Waals surface area contributed by atoms with E-state index in [0.717, 1.165) is 12.4 Å². The van der Waals surface area contributed by atoms with Crippen LogP contribution in [0.5, 0.6) is 0 Å². The molecular weight excluding hydrogens is 284 g/mol. The second-order valence-electron chi connectivity index (χ2n) is 4.64. The molecule has 0 saturated carbocycles. The molecule has 1 rings (SSSR count). The molecule has 0 unspecified atom stereocenters. The predicted octanol–water partition coefficient (Wildman–Crippen LogP) is -3.00. The molecular formula is C12H20N2O7. The van der Waals surface area contributed by atoms with Gasteiger partial charge in [-0.15, -0.1) is 0 Å². The van der Waals surface area contributed by atoms with Gasteiger partial charge >= 0.3 is 0 Å². The average molecular weight is 304 g/mol. The Kier molecular flexibility index (Phi) is 7.05. The third-order valence-corrected chi connectivity index (χ3v) is 2.95. The Morgan fingerprint density at radius 3 is 1.90 bits per heavy atom. The van der Waals surface area contributed by atoms with Crippen LogP contribution in [0.4, 0.5) is 0 Å². The molecule has 5 atom stereocenters. The second kappa shape index (κ2) is 8.29. The van der Waals surface area contributed by atoms with Gasteiger partial charge in [0.2, 0.25) is 0 Å². The Morgan fingerprint density at radius 1 is 0.857 bits per heavy atom. The van der Waals surface area contributed by atoms with Crippen LogP contribution in [0, 0.1) is 0 Å². The summed E-state index contributed by atoms with van der Waals surface area (Å²) in [6.45, 7) is -1.21. The van der Waals surface area contributed by atoms with Crippen LogP contribution in [0.1, 0.15) is 30.0 Å². The minimum Gasteiger partial charge on any atom is -0.394 e. The number of hydrogen-bond donors (Lipinski definition) is 7. The number of aliphatic hydroxyl groups excluding tert-OH is 7. The lowest BCUT2D eigenvalue weighted by molar-refractivity contribution is -0.0790. The fourth-order valence-electron chi connectivity index (χ4n) is 1.62. The molecule has 0 aliphatic carbocycles. The van der Waals surface area contributed by atoms with E-state index in [9.17, 15) is 25.5 Å². The van der Waals surface area contributed by atoms with E-state index in [-0.39, 0.29) is 17.8 Å². The van der Waals surface area contributed by atoms with E-state index >= 15 is 0 Å². The SMILES string of the molecule is OC[C@@H](O)C[C@H](O)c1cnc([C@@H](O)[C@H](O)[C@H](O)CO)cn1. The van der Waals surface area contributed by atoms with Gasteiger partial charge in [0, 0.05) is 6.42 Å². The maximum absolute atomic E-state index is 9.74. The van der Waals surface area contributed by atoms with Crippen molar-refractivity contribution in [2.24, 2.45) is 0 Å². The molecule has 120 valence electrons. The van der Waals surface area contributed by atoms with Gasteiger partial charge in [-0.3, -0.25) is 9.97 Å². The number of aliphatic hydroxyl groups is 7. The zero-order chi connectivity index (χ0) is 16.0. The van der Waals surface area contributed by atoms with Gasteiger partial charge in [0.05, 0.1) is 43.1 Å². The molecule has 0 bridgehead atoms. The predicted molar refractivity (Wildman–Crippen MR) is 68.8 cm³/mol. The number of rotatable bonds is 8. The van der Waals surface area contributed by atoms with Crippen LogP contribution in [0.15, 0.2) is 12.4 Å². The topological polar surface area (TPSA) is 167 Å². The average Bonchev–Trinajstić information content (AvgIpc) is 2.52. The highest BCUT2D eigenvalue weighted by Crippen LogP contribution is 2.19. The van der Waals surface area contributed by atoms with E-state index in [4.69, 9.17) is 10.2 Å². The van der Waals surface area contributed by atoms with Crippen molar-refractivity contribution in [2.75, 3.05) is 13.2 Å². The first-order valence-electron chi connectivity index (χ1n) is 6.34. The van der Waals surface area contributed by atoms with E-state index in [0.29, 0.717) is 0 Å². The Morgan fingerprint density at radius 2 is 1.43 bits per heavy atom. The first kappa shape index (κ1) is 17.9. The van der Waals surface area contributed by atoms with Gasteiger partial charge in [-0.1, -0.05) is 0 Å². The first-order chi connectivity index (χ1) is 9.90. The number of nitrogens with zero attached hydrogens (tertiary/aromatic N) is 2. The summed E-state index contributed by atoms with van der Waals surface area (Å²) in [5.74, 6) is 0. The zero-order valence-corrected chi connectivity index (χ0v) is 11.2. The smallest absolute Gasteiger partial charge is 0.126 e. The van der Waals surface area contributed by atoms with Crippen molar-refractivity contribution < 1.29 is 35.7 Å². The van der Waals surface area contributed by atoms with E-state index in [2.05, 4.69) is 9.97 Å². The Bertz CT molecular complexity index is 417. The number of hydrogen-bond acceptors (Lipinski definition) is 9. The molecule has 1 heterocycles. The molecule has 0 aliphatic rings. The van der Waals surface area contributed by atoms with Gasteiger partial charge in [0.15, 0.2) is 0 Å². The summed E-state index contributed by atoms with van der Waals surface area (Å²) in [6, 6.07) is 0. The Balaban J connectivity index is 2.73. The lowest BCUT2D eigenvalue weighted by atomic mass is 10.1. The molecule has 7 N–H and O–H groups in total. The molecule has 21 heavy (non-hydrogen) atoms. The summed E-state index contributed by atoms with van der Waals surface area (Å²) in [5.41, 5.74) is 0.0734. The summed E-state index contributed by atoms with van der Waals surface area (Å²) in [4.78, 5) is 7.64. The number of aromatic nitrogens is 2. The van der Waals surface area contributed by atoms with Gasteiger partial charge < -0.3 is 35.7 Å². The van der Waals surface area contributed by atoms with Gasteiger partial charge in [0.25, 0.3) is 0 Å². The highest BCUT2D eigenvalue weighted by molar-refractivity contribution is 5.09. The molecule has 9 heteroatoms. The monoisotopic (exact) mass is 304 g/mol.